The highest BCUT2D eigenvalue weighted by atomic mass is 32.1. The highest BCUT2D eigenvalue weighted by molar-refractivity contribution is 7.16. The van der Waals surface area contributed by atoms with Crippen LogP contribution >= 0.6 is 11.3 Å². The zero-order chi connectivity index (χ0) is 13.0. The molecule has 2 rings (SSSR count). The third kappa shape index (κ3) is 2.98. The summed E-state index contributed by atoms with van der Waals surface area (Å²) in [7, 11) is 0. The molecule has 1 aromatic heterocycles. The maximum absolute atomic E-state index is 8.89. The Balaban J connectivity index is 2.29. The number of rotatable bonds is 4. The van der Waals surface area contributed by atoms with Crippen molar-refractivity contribution in [1.82, 2.24) is 5.32 Å². The van der Waals surface area contributed by atoms with Crippen LogP contribution in [0.5, 0.6) is 0 Å². The predicted molar refractivity (Wildman–Crippen MR) is 76.4 cm³/mol. The number of nitriles is 1. The molecule has 0 fully saturated rings. The van der Waals surface area contributed by atoms with Crippen molar-refractivity contribution in [3.63, 3.8) is 0 Å². The highest BCUT2D eigenvalue weighted by Crippen LogP contribution is 2.30. The second-order valence-corrected chi connectivity index (χ2v) is 5.55. The Labute approximate surface area is 112 Å². The molecule has 0 saturated heterocycles. The Kier molecular flexibility index (Phi) is 4.14. The molecule has 2 nitrogen and oxygen atoms in total. The van der Waals surface area contributed by atoms with Crippen LogP contribution in [0.4, 0.5) is 0 Å². The van der Waals surface area contributed by atoms with Crippen molar-refractivity contribution in [2.24, 2.45) is 0 Å². The molecule has 0 spiro atoms. The quantitative estimate of drug-likeness (QED) is 0.903. The van der Waals surface area contributed by atoms with Crippen LogP contribution in [-0.4, -0.2) is 6.04 Å². The summed E-state index contributed by atoms with van der Waals surface area (Å²) in [5.74, 6) is 0. The highest BCUT2D eigenvalue weighted by Gasteiger charge is 2.07. The number of thiophene rings is 1. The largest absolute Gasteiger partial charge is 0.310 e. The van der Waals surface area contributed by atoms with E-state index in [1.807, 2.05) is 18.2 Å². The maximum Gasteiger partial charge on any atom is 0.110 e. The number of nitrogens with zero attached hydrogens (tertiary/aromatic N) is 1. The second kappa shape index (κ2) is 5.81. The van der Waals surface area contributed by atoms with Gasteiger partial charge >= 0.3 is 0 Å². The zero-order valence-electron chi connectivity index (χ0n) is 10.6. The van der Waals surface area contributed by atoms with Gasteiger partial charge in [0.15, 0.2) is 0 Å². The van der Waals surface area contributed by atoms with Crippen LogP contribution in [0, 0.1) is 11.3 Å². The van der Waals surface area contributed by atoms with Gasteiger partial charge in [-0.1, -0.05) is 38.1 Å². The second-order valence-electron chi connectivity index (χ2n) is 4.47. The van der Waals surface area contributed by atoms with Crippen LogP contribution in [0.25, 0.3) is 10.4 Å². The topological polar surface area (TPSA) is 35.8 Å². The zero-order valence-corrected chi connectivity index (χ0v) is 11.4. The van der Waals surface area contributed by atoms with Gasteiger partial charge in [0.25, 0.3) is 0 Å². The lowest BCUT2D eigenvalue weighted by molar-refractivity contribution is 0.589. The summed E-state index contributed by atoms with van der Waals surface area (Å²) in [4.78, 5) is 1.92. The Morgan fingerprint density at radius 1 is 1.22 bits per heavy atom. The minimum Gasteiger partial charge on any atom is -0.310 e. The fourth-order valence-electron chi connectivity index (χ4n) is 1.77. The van der Waals surface area contributed by atoms with Crippen molar-refractivity contribution in [2.75, 3.05) is 0 Å². The van der Waals surface area contributed by atoms with Crippen molar-refractivity contribution in [2.45, 2.75) is 26.4 Å². The van der Waals surface area contributed by atoms with Gasteiger partial charge in [0.1, 0.15) is 10.9 Å². The van der Waals surface area contributed by atoms with Gasteiger partial charge in [0.2, 0.25) is 0 Å². The van der Waals surface area contributed by atoms with E-state index in [0.29, 0.717) is 6.04 Å². The lowest BCUT2D eigenvalue weighted by atomic mass is 10.1. The molecular weight excluding hydrogens is 240 g/mol. The molecule has 0 atom stereocenters. The lowest BCUT2D eigenvalue weighted by Gasteiger charge is -2.11. The summed E-state index contributed by atoms with van der Waals surface area (Å²) >= 11 is 1.55. The summed E-state index contributed by atoms with van der Waals surface area (Å²) in [6, 6.07) is 14.9. The number of nitrogens with one attached hydrogen (secondary N) is 1. The van der Waals surface area contributed by atoms with Gasteiger partial charge in [-0.15, -0.1) is 11.3 Å². The van der Waals surface area contributed by atoms with E-state index in [1.165, 1.54) is 11.1 Å². The van der Waals surface area contributed by atoms with E-state index < -0.39 is 0 Å². The molecule has 0 aliphatic heterocycles. The molecule has 1 aromatic carbocycles. The van der Waals surface area contributed by atoms with Crippen molar-refractivity contribution >= 4 is 11.3 Å². The Bertz CT molecular complexity index is 564. The van der Waals surface area contributed by atoms with Crippen LogP contribution in [0.1, 0.15) is 24.3 Å². The summed E-state index contributed by atoms with van der Waals surface area (Å²) in [6.45, 7) is 5.14. The van der Waals surface area contributed by atoms with E-state index in [1.54, 1.807) is 11.3 Å². The van der Waals surface area contributed by atoms with E-state index in [-0.39, 0.29) is 0 Å². The van der Waals surface area contributed by atoms with E-state index >= 15 is 0 Å². The van der Waals surface area contributed by atoms with Crippen LogP contribution in [0.15, 0.2) is 36.4 Å². The molecule has 3 heteroatoms. The third-order valence-electron chi connectivity index (χ3n) is 2.70. The molecule has 1 N–H and O–H groups in total. The fraction of sp³-hybridized carbons (Fsp3) is 0.267. The summed E-state index contributed by atoms with van der Waals surface area (Å²) < 4.78 is 0. The molecule has 0 radical (unpaired) electrons. The fourth-order valence-corrected chi connectivity index (χ4v) is 2.64. The number of hydrogen-bond acceptors (Lipinski definition) is 3. The number of benzene rings is 1. The van der Waals surface area contributed by atoms with Gasteiger partial charge < -0.3 is 5.32 Å². The standard InChI is InChI=1S/C15H16N2S/c1-11(2)17-10-12-5-3-4-6-14(12)15-8-7-13(9-16)18-15/h3-8,11,17H,10H2,1-2H3. The molecule has 0 aliphatic rings. The molecule has 0 saturated carbocycles. The molecule has 1 heterocycles. The average molecular weight is 256 g/mol. The van der Waals surface area contributed by atoms with Crippen LogP contribution in [0.2, 0.25) is 0 Å². The first-order valence-electron chi connectivity index (χ1n) is 6.02. The van der Waals surface area contributed by atoms with E-state index in [2.05, 4.69) is 43.4 Å². The first-order chi connectivity index (χ1) is 8.70. The smallest absolute Gasteiger partial charge is 0.110 e. The van der Waals surface area contributed by atoms with Crippen molar-refractivity contribution in [3.8, 4) is 16.5 Å². The summed E-state index contributed by atoms with van der Waals surface area (Å²) in [5, 5.41) is 12.3. The van der Waals surface area contributed by atoms with Gasteiger partial charge in [0.05, 0.1) is 0 Å². The molecule has 92 valence electrons. The van der Waals surface area contributed by atoms with Gasteiger partial charge in [-0.25, -0.2) is 0 Å². The third-order valence-corrected chi connectivity index (χ3v) is 3.72. The van der Waals surface area contributed by atoms with Gasteiger partial charge in [-0.2, -0.15) is 5.26 Å². The molecule has 0 amide bonds. The van der Waals surface area contributed by atoms with Crippen molar-refractivity contribution in [3.05, 3.63) is 46.8 Å². The average Bonchev–Trinajstić information content (AvgIpc) is 2.85. The summed E-state index contributed by atoms with van der Waals surface area (Å²) in [6.07, 6.45) is 0. The first-order valence-corrected chi connectivity index (χ1v) is 6.84. The lowest BCUT2D eigenvalue weighted by Crippen LogP contribution is -2.22. The minimum absolute atomic E-state index is 0.469. The minimum atomic E-state index is 0.469. The van der Waals surface area contributed by atoms with Gasteiger partial charge in [0, 0.05) is 17.5 Å². The molecule has 0 aliphatic carbocycles. The predicted octanol–water partition coefficient (Wildman–Crippen LogP) is 3.78. The molecule has 2 aromatic rings. The monoisotopic (exact) mass is 256 g/mol. The van der Waals surface area contributed by atoms with Gasteiger partial charge in [-0.3, -0.25) is 0 Å². The molecule has 18 heavy (non-hydrogen) atoms. The van der Waals surface area contributed by atoms with E-state index in [0.717, 1.165) is 16.3 Å². The molecule has 0 bridgehead atoms. The molecular formula is C15H16N2S. The Hall–Kier alpha value is -1.63. The van der Waals surface area contributed by atoms with Crippen LogP contribution in [-0.2, 0) is 6.54 Å². The van der Waals surface area contributed by atoms with E-state index in [4.69, 9.17) is 5.26 Å². The molecule has 0 unspecified atom stereocenters. The van der Waals surface area contributed by atoms with Crippen molar-refractivity contribution in [1.29, 1.82) is 5.26 Å². The van der Waals surface area contributed by atoms with Crippen molar-refractivity contribution < 1.29 is 0 Å². The van der Waals surface area contributed by atoms with E-state index in [9.17, 15) is 0 Å². The Morgan fingerprint density at radius 3 is 2.67 bits per heavy atom. The number of hydrogen-bond donors (Lipinski definition) is 1. The Morgan fingerprint density at radius 2 is 2.00 bits per heavy atom. The van der Waals surface area contributed by atoms with Crippen LogP contribution in [0.3, 0.4) is 0 Å². The maximum atomic E-state index is 8.89. The normalized spacial score (nSPS) is 10.6. The summed E-state index contributed by atoms with van der Waals surface area (Å²) in [5.41, 5.74) is 2.50. The van der Waals surface area contributed by atoms with Crippen LogP contribution < -0.4 is 5.32 Å². The SMILES string of the molecule is CC(C)NCc1ccccc1-c1ccc(C#N)s1. The van der Waals surface area contributed by atoms with Gasteiger partial charge in [-0.05, 0) is 23.3 Å². The first kappa shape index (κ1) is 12.8.